The van der Waals surface area contributed by atoms with Gasteiger partial charge in [0.05, 0.1) is 6.54 Å². The molecular weight excluding hydrogens is 208 g/mol. The van der Waals surface area contributed by atoms with E-state index in [1.54, 1.807) is 18.2 Å². The van der Waals surface area contributed by atoms with Crippen LogP contribution in [0, 0.1) is 5.92 Å². The Morgan fingerprint density at radius 1 is 1.19 bits per heavy atom. The van der Waals surface area contributed by atoms with Crippen molar-refractivity contribution in [1.29, 1.82) is 0 Å². The minimum absolute atomic E-state index is 0.0760. The summed E-state index contributed by atoms with van der Waals surface area (Å²) in [6.45, 7) is 4.51. The Kier molecular flexibility index (Phi) is 4.87. The van der Waals surface area contributed by atoms with Crippen molar-refractivity contribution in [2.24, 2.45) is 5.92 Å². The van der Waals surface area contributed by atoms with Gasteiger partial charge in [0.25, 0.3) is 5.92 Å². The first-order valence-corrected chi connectivity index (χ1v) is 5.66. The molecule has 0 heterocycles. The Labute approximate surface area is 95.9 Å². The molecule has 1 N–H and O–H groups in total. The van der Waals surface area contributed by atoms with Gasteiger partial charge >= 0.3 is 0 Å². The maximum absolute atomic E-state index is 13.6. The number of benzene rings is 1. The van der Waals surface area contributed by atoms with Crippen molar-refractivity contribution >= 4 is 0 Å². The molecule has 0 radical (unpaired) electrons. The maximum Gasteiger partial charge on any atom is 0.285 e. The van der Waals surface area contributed by atoms with Crippen molar-refractivity contribution in [3.8, 4) is 0 Å². The van der Waals surface area contributed by atoms with E-state index in [2.05, 4.69) is 19.2 Å². The smallest absolute Gasteiger partial charge is 0.285 e. The van der Waals surface area contributed by atoms with Crippen LogP contribution in [0.15, 0.2) is 30.3 Å². The molecule has 0 aromatic heterocycles. The standard InChI is InChI=1S/C13H19F2N/c1-11(2)8-9-16-10-13(14,15)12-6-4-3-5-7-12/h3-7,11,16H,8-10H2,1-2H3. The Morgan fingerprint density at radius 3 is 2.38 bits per heavy atom. The highest BCUT2D eigenvalue weighted by molar-refractivity contribution is 5.20. The predicted octanol–water partition coefficient (Wildman–Crippen LogP) is 3.41. The molecule has 0 aliphatic rings. The summed E-state index contributed by atoms with van der Waals surface area (Å²) in [6.07, 6.45) is 0.921. The Hall–Kier alpha value is -0.960. The fourth-order valence-corrected chi connectivity index (χ4v) is 1.42. The molecule has 0 atom stereocenters. The van der Waals surface area contributed by atoms with Crippen LogP contribution < -0.4 is 5.32 Å². The van der Waals surface area contributed by atoms with E-state index >= 15 is 0 Å². The van der Waals surface area contributed by atoms with Crippen molar-refractivity contribution in [2.75, 3.05) is 13.1 Å². The summed E-state index contributed by atoms with van der Waals surface area (Å²) in [7, 11) is 0. The van der Waals surface area contributed by atoms with Gasteiger partial charge in [-0.2, -0.15) is 8.78 Å². The molecule has 0 amide bonds. The zero-order chi connectivity index (χ0) is 12.0. The molecule has 0 spiro atoms. The lowest BCUT2D eigenvalue weighted by Crippen LogP contribution is -2.31. The van der Waals surface area contributed by atoms with Gasteiger partial charge in [-0.25, -0.2) is 0 Å². The largest absolute Gasteiger partial charge is 0.311 e. The SMILES string of the molecule is CC(C)CCNCC(F)(F)c1ccccc1. The minimum atomic E-state index is -2.78. The van der Waals surface area contributed by atoms with Gasteiger partial charge in [-0.3, -0.25) is 0 Å². The van der Waals surface area contributed by atoms with Gasteiger partial charge in [0.15, 0.2) is 0 Å². The first kappa shape index (κ1) is 13.1. The highest BCUT2D eigenvalue weighted by Crippen LogP contribution is 2.26. The van der Waals surface area contributed by atoms with Crippen molar-refractivity contribution in [3.05, 3.63) is 35.9 Å². The normalized spacial score (nSPS) is 12.1. The van der Waals surface area contributed by atoms with E-state index in [4.69, 9.17) is 0 Å². The lowest BCUT2D eigenvalue weighted by molar-refractivity contribution is -0.00316. The van der Waals surface area contributed by atoms with E-state index in [1.807, 2.05) is 0 Å². The first-order valence-electron chi connectivity index (χ1n) is 5.66. The first-order chi connectivity index (χ1) is 7.52. The van der Waals surface area contributed by atoms with Crippen molar-refractivity contribution in [1.82, 2.24) is 5.32 Å². The number of hydrogen-bond acceptors (Lipinski definition) is 1. The molecule has 0 aliphatic carbocycles. The Balaban J connectivity index is 2.40. The fraction of sp³-hybridized carbons (Fsp3) is 0.538. The molecule has 0 aliphatic heterocycles. The average molecular weight is 227 g/mol. The molecular formula is C13H19F2N. The van der Waals surface area contributed by atoms with Gasteiger partial charge in [-0.05, 0) is 18.9 Å². The summed E-state index contributed by atoms with van der Waals surface area (Å²) in [5, 5.41) is 2.81. The summed E-state index contributed by atoms with van der Waals surface area (Å²) in [5.41, 5.74) is 0.0760. The van der Waals surface area contributed by atoms with E-state index < -0.39 is 5.92 Å². The van der Waals surface area contributed by atoms with Crippen LogP contribution in [0.5, 0.6) is 0 Å². The molecule has 3 heteroatoms. The topological polar surface area (TPSA) is 12.0 Å². The third kappa shape index (κ3) is 4.27. The molecule has 1 aromatic rings. The quantitative estimate of drug-likeness (QED) is 0.734. The van der Waals surface area contributed by atoms with Crippen LogP contribution in [-0.2, 0) is 5.92 Å². The molecule has 90 valence electrons. The van der Waals surface area contributed by atoms with Crippen LogP contribution in [0.4, 0.5) is 8.78 Å². The van der Waals surface area contributed by atoms with E-state index in [0.29, 0.717) is 12.5 Å². The lowest BCUT2D eigenvalue weighted by atomic mass is 10.1. The van der Waals surface area contributed by atoms with Gasteiger partial charge in [0.2, 0.25) is 0 Å². The molecule has 1 rings (SSSR count). The maximum atomic E-state index is 13.6. The Bertz CT molecular complexity index is 296. The second-order valence-corrected chi connectivity index (χ2v) is 4.43. The average Bonchev–Trinajstić information content (AvgIpc) is 2.26. The lowest BCUT2D eigenvalue weighted by Gasteiger charge is -2.17. The molecule has 1 aromatic carbocycles. The summed E-state index contributed by atoms with van der Waals surface area (Å²) in [5.74, 6) is -2.24. The molecule has 0 saturated heterocycles. The fourth-order valence-electron chi connectivity index (χ4n) is 1.42. The number of nitrogens with one attached hydrogen (secondary N) is 1. The highest BCUT2D eigenvalue weighted by Gasteiger charge is 2.30. The van der Waals surface area contributed by atoms with Gasteiger partial charge in [0.1, 0.15) is 0 Å². The second-order valence-electron chi connectivity index (χ2n) is 4.43. The van der Waals surface area contributed by atoms with Crippen molar-refractivity contribution in [3.63, 3.8) is 0 Å². The zero-order valence-electron chi connectivity index (χ0n) is 9.84. The number of rotatable bonds is 6. The van der Waals surface area contributed by atoms with Gasteiger partial charge in [-0.1, -0.05) is 44.2 Å². The number of hydrogen-bond donors (Lipinski definition) is 1. The van der Waals surface area contributed by atoms with Crippen LogP contribution in [0.1, 0.15) is 25.8 Å². The third-order valence-electron chi connectivity index (χ3n) is 2.44. The number of halogens is 2. The van der Waals surface area contributed by atoms with E-state index in [-0.39, 0.29) is 12.1 Å². The molecule has 0 fully saturated rings. The summed E-state index contributed by atoms with van der Waals surface area (Å²) in [6, 6.07) is 7.94. The molecule has 0 bridgehead atoms. The predicted molar refractivity (Wildman–Crippen MR) is 62.7 cm³/mol. The van der Waals surface area contributed by atoms with Crippen molar-refractivity contribution < 1.29 is 8.78 Å². The van der Waals surface area contributed by atoms with Gasteiger partial charge < -0.3 is 5.32 Å². The zero-order valence-corrected chi connectivity index (χ0v) is 9.84. The summed E-state index contributed by atoms with van der Waals surface area (Å²) in [4.78, 5) is 0. The van der Waals surface area contributed by atoms with Gasteiger partial charge in [-0.15, -0.1) is 0 Å². The molecule has 0 unspecified atom stereocenters. The summed E-state index contributed by atoms with van der Waals surface area (Å²) >= 11 is 0. The molecule has 1 nitrogen and oxygen atoms in total. The molecule has 16 heavy (non-hydrogen) atoms. The highest BCUT2D eigenvalue weighted by atomic mass is 19.3. The monoisotopic (exact) mass is 227 g/mol. The molecule has 0 saturated carbocycles. The van der Waals surface area contributed by atoms with E-state index in [0.717, 1.165) is 6.42 Å². The van der Waals surface area contributed by atoms with Crippen LogP contribution >= 0.6 is 0 Å². The van der Waals surface area contributed by atoms with Crippen LogP contribution in [0.3, 0.4) is 0 Å². The van der Waals surface area contributed by atoms with Crippen molar-refractivity contribution in [2.45, 2.75) is 26.2 Å². The van der Waals surface area contributed by atoms with E-state index in [1.165, 1.54) is 12.1 Å². The van der Waals surface area contributed by atoms with Crippen LogP contribution in [-0.4, -0.2) is 13.1 Å². The van der Waals surface area contributed by atoms with Crippen LogP contribution in [0.2, 0.25) is 0 Å². The Morgan fingerprint density at radius 2 is 1.81 bits per heavy atom. The third-order valence-corrected chi connectivity index (χ3v) is 2.44. The van der Waals surface area contributed by atoms with E-state index in [9.17, 15) is 8.78 Å². The number of alkyl halides is 2. The minimum Gasteiger partial charge on any atom is -0.311 e. The summed E-state index contributed by atoms with van der Waals surface area (Å²) < 4.78 is 27.2. The van der Waals surface area contributed by atoms with Crippen LogP contribution in [0.25, 0.3) is 0 Å². The second kappa shape index (κ2) is 5.94. The van der Waals surface area contributed by atoms with Gasteiger partial charge in [0, 0.05) is 5.56 Å².